The van der Waals surface area contributed by atoms with Gasteiger partial charge in [-0.2, -0.15) is 0 Å². The summed E-state index contributed by atoms with van der Waals surface area (Å²) in [7, 11) is 0. The largest absolute Gasteiger partial charge is 0.439 e. The molecule has 6 nitrogen and oxygen atoms in total. The molecular weight excluding hydrogens is 397 g/mol. The van der Waals surface area contributed by atoms with Gasteiger partial charge in [-0.05, 0) is 48.5 Å². The van der Waals surface area contributed by atoms with Crippen molar-refractivity contribution in [2.75, 3.05) is 5.32 Å². The van der Waals surface area contributed by atoms with Gasteiger partial charge in [-0.25, -0.2) is 23.1 Å². The molecule has 2 heterocycles. The summed E-state index contributed by atoms with van der Waals surface area (Å²) in [6, 6.07) is 13.1. The van der Waals surface area contributed by atoms with Gasteiger partial charge in [0.1, 0.15) is 17.9 Å². The molecule has 0 atom stereocenters. The van der Waals surface area contributed by atoms with Crippen LogP contribution in [-0.2, 0) is 0 Å². The topological polar surface area (TPSA) is 69.0 Å². The van der Waals surface area contributed by atoms with E-state index >= 15 is 0 Å². The molecule has 0 saturated heterocycles. The van der Waals surface area contributed by atoms with Gasteiger partial charge in [-0.15, -0.1) is 0 Å². The summed E-state index contributed by atoms with van der Waals surface area (Å²) < 4.78 is 47.5. The summed E-state index contributed by atoms with van der Waals surface area (Å²) in [6.45, 7) is 0. The first kappa shape index (κ1) is 19.2. The number of carbonyl (C=O) groups excluding carboxylic acids is 1. The first-order chi connectivity index (χ1) is 14.5. The number of amides is 1. The highest BCUT2D eigenvalue weighted by atomic mass is 19.2. The number of nitrogens with one attached hydrogen (secondary N) is 1. The number of hydrogen-bond acceptors (Lipinski definition) is 4. The van der Waals surface area contributed by atoms with E-state index in [-0.39, 0.29) is 0 Å². The lowest BCUT2D eigenvalue weighted by Crippen LogP contribution is -2.15. The maximum absolute atomic E-state index is 13.7. The van der Waals surface area contributed by atoms with Crippen LogP contribution in [0.1, 0.15) is 10.4 Å². The Morgan fingerprint density at radius 2 is 1.67 bits per heavy atom. The molecule has 1 amide bonds. The molecule has 9 heteroatoms. The van der Waals surface area contributed by atoms with E-state index in [1.807, 2.05) is 24.5 Å². The Bertz CT molecular complexity index is 1200. The van der Waals surface area contributed by atoms with E-state index in [0.717, 1.165) is 6.07 Å². The first-order valence-corrected chi connectivity index (χ1v) is 8.69. The molecule has 0 bridgehead atoms. The van der Waals surface area contributed by atoms with E-state index in [1.165, 1.54) is 18.5 Å². The summed E-state index contributed by atoms with van der Waals surface area (Å²) in [5.41, 5.74) is -0.292. The van der Waals surface area contributed by atoms with Crippen molar-refractivity contribution >= 4 is 11.6 Å². The molecule has 150 valence electrons. The van der Waals surface area contributed by atoms with Crippen molar-refractivity contribution in [1.82, 2.24) is 14.5 Å². The number of hydrogen-bond donors (Lipinski definition) is 1. The summed E-state index contributed by atoms with van der Waals surface area (Å²) in [6.07, 6.45) is 5.04. The van der Waals surface area contributed by atoms with Gasteiger partial charge < -0.3 is 14.6 Å². The number of nitrogens with zero attached hydrogens (tertiary/aromatic N) is 3. The molecule has 2 aromatic carbocycles. The van der Waals surface area contributed by atoms with Crippen molar-refractivity contribution in [3.63, 3.8) is 0 Å². The molecule has 0 aliphatic rings. The third-order valence-electron chi connectivity index (χ3n) is 4.11. The standard InChI is InChI=1S/C21H13F3N4O2/c22-16-8-7-15(19(23)20(16)24)21(29)27-13-3-5-14(6-4-13)30-18-11-17(25-12-26-18)28-9-1-2-10-28/h1-12H,(H,27,29). The van der Waals surface area contributed by atoms with Crippen molar-refractivity contribution in [2.45, 2.75) is 0 Å². The van der Waals surface area contributed by atoms with Crippen molar-refractivity contribution in [1.29, 1.82) is 0 Å². The van der Waals surface area contributed by atoms with Gasteiger partial charge in [0.25, 0.3) is 5.91 Å². The molecule has 0 radical (unpaired) electrons. The highest BCUT2D eigenvalue weighted by Gasteiger charge is 2.18. The van der Waals surface area contributed by atoms with E-state index in [2.05, 4.69) is 15.3 Å². The molecular formula is C21H13F3N4O2. The van der Waals surface area contributed by atoms with Crippen LogP contribution in [0, 0.1) is 17.5 Å². The zero-order chi connectivity index (χ0) is 21.1. The van der Waals surface area contributed by atoms with Crippen LogP contribution >= 0.6 is 0 Å². The van der Waals surface area contributed by atoms with Crippen LogP contribution in [0.2, 0.25) is 0 Å². The molecule has 0 saturated carbocycles. The average molecular weight is 410 g/mol. The number of carbonyl (C=O) groups is 1. The number of halogens is 3. The third kappa shape index (κ3) is 4.00. The van der Waals surface area contributed by atoms with Gasteiger partial charge >= 0.3 is 0 Å². The minimum Gasteiger partial charge on any atom is -0.439 e. The third-order valence-corrected chi connectivity index (χ3v) is 4.11. The van der Waals surface area contributed by atoms with E-state index < -0.39 is 28.9 Å². The predicted molar refractivity (Wildman–Crippen MR) is 102 cm³/mol. The Kier molecular flexibility index (Phi) is 5.17. The Labute approximate surface area is 168 Å². The van der Waals surface area contributed by atoms with Gasteiger partial charge in [0.15, 0.2) is 17.5 Å². The lowest BCUT2D eigenvalue weighted by Gasteiger charge is -2.09. The monoisotopic (exact) mass is 410 g/mol. The maximum Gasteiger partial charge on any atom is 0.258 e. The summed E-state index contributed by atoms with van der Waals surface area (Å²) in [5.74, 6) is -4.14. The SMILES string of the molecule is O=C(Nc1ccc(Oc2cc(-n3cccc3)ncn2)cc1)c1ccc(F)c(F)c1F. The second kappa shape index (κ2) is 8.08. The molecule has 1 N–H and O–H groups in total. The van der Waals surface area contributed by atoms with Crippen molar-refractivity contribution in [3.05, 3.63) is 96.3 Å². The zero-order valence-electron chi connectivity index (χ0n) is 15.2. The van der Waals surface area contributed by atoms with Gasteiger partial charge in [-0.1, -0.05) is 0 Å². The lowest BCUT2D eigenvalue weighted by molar-refractivity contribution is 0.102. The molecule has 4 rings (SSSR count). The molecule has 4 aromatic rings. The van der Waals surface area contributed by atoms with E-state index in [1.54, 1.807) is 22.8 Å². The average Bonchev–Trinajstić information content (AvgIpc) is 3.29. The maximum atomic E-state index is 13.7. The molecule has 0 spiro atoms. The number of rotatable bonds is 5. The fourth-order valence-corrected chi connectivity index (χ4v) is 2.64. The number of anilines is 1. The predicted octanol–water partition coefficient (Wildman–Crippen LogP) is 4.73. The quantitative estimate of drug-likeness (QED) is 0.483. The number of benzene rings is 2. The van der Waals surface area contributed by atoms with Crippen LogP contribution in [0.5, 0.6) is 11.6 Å². The highest BCUT2D eigenvalue weighted by Crippen LogP contribution is 2.23. The summed E-state index contributed by atoms with van der Waals surface area (Å²) in [4.78, 5) is 20.4. The molecule has 0 unspecified atom stereocenters. The van der Waals surface area contributed by atoms with Crippen molar-refractivity contribution in [2.24, 2.45) is 0 Å². The fourth-order valence-electron chi connectivity index (χ4n) is 2.64. The fraction of sp³-hybridized carbons (Fsp3) is 0. The van der Waals surface area contributed by atoms with Crippen LogP contribution in [0.3, 0.4) is 0 Å². The van der Waals surface area contributed by atoms with Crippen LogP contribution in [0.4, 0.5) is 18.9 Å². The van der Waals surface area contributed by atoms with Crippen LogP contribution in [0.25, 0.3) is 5.82 Å². The van der Waals surface area contributed by atoms with Crippen LogP contribution < -0.4 is 10.1 Å². The Morgan fingerprint density at radius 3 is 2.40 bits per heavy atom. The smallest absolute Gasteiger partial charge is 0.258 e. The summed E-state index contributed by atoms with van der Waals surface area (Å²) >= 11 is 0. The zero-order valence-corrected chi connectivity index (χ0v) is 15.2. The van der Waals surface area contributed by atoms with Crippen LogP contribution in [0.15, 0.2) is 73.3 Å². The van der Waals surface area contributed by atoms with Gasteiger partial charge in [0.05, 0.1) is 5.56 Å². The molecule has 0 aliphatic heterocycles. The minimum atomic E-state index is -1.70. The van der Waals surface area contributed by atoms with E-state index in [0.29, 0.717) is 29.2 Å². The molecule has 2 aromatic heterocycles. The Morgan fingerprint density at radius 1 is 0.933 bits per heavy atom. The second-order valence-corrected chi connectivity index (χ2v) is 6.11. The van der Waals surface area contributed by atoms with E-state index in [9.17, 15) is 18.0 Å². The number of ether oxygens (including phenoxy) is 1. The Balaban J connectivity index is 1.45. The molecule has 0 fully saturated rings. The van der Waals surface area contributed by atoms with Crippen LogP contribution in [-0.4, -0.2) is 20.4 Å². The van der Waals surface area contributed by atoms with Gasteiger partial charge in [-0.3, -0.25) is 4.79 Å². The van der Waals surface area contributed by atoms with Crippen molar-refractivity contribution < 1.29 is 22.7 Å². The minimum absolute atomic E-state index is 0.312. The lowest BCUT2D eigenvalue weighted by atomic mass is 10.1. The normalized spacial score (nSPS) is 10.6. The van der Waals surface area contributed by atoms with E-state index in [4.69, 9.17) is 4.74 Å². The Hall–Kier alpha value is -4.14. The first-order valence-electron chi connectivity index (χ1n) is 8.69. The van der Waals surface area contributed by atoms with Crippen molar-refractivity contribution in [3.8, 4) is 17.4 Å². The summed E-state index contributed by atoms with van der Waals surface area (Å²) in [5, 5.41) is 2.41. The second-order valence-electron chi connectivity index (χ2n) is 6.11. The highest BCUT2D eigenvalue weighted by molar-refractivity contribution is 6.04. The van der Waals surface area contributed by atoms with Gasteiger partial charge in [0, 0.05) is 24.1 Å². The molecule has 0 aliphatic carbocycles. The number of aromatic nitrogens is 3. The molecule has 30 heavy (non-hydrogen) atoms. The van der Waals surface area contributed by atoms with Gasteiger partial charge in [0.2, 0.25) is 5.88 Å².